The first kappa shape index (κ1) is 21.9. The molecular weight excluding hydrogens is 440 g/mol. The zero-order valence-electron chi connectivity index (χ0n) is 20.6. The molecule has 0 saturated heterocycles. The van der Waals surface area contributed by atoms with Crippen molar-refractivity contribution >= 4 is 11.0 Å². The molecule has 4 nitrogen and oxygen atoms in total. The number of hydrogen-bond acceptors (Lipinski definition) is 3. The fraction of sp³-hybridized carbons (Fsp3) is 0.0938. The van der Waals surface area contributed by atoms with Gasteiger partial charge in [0, 0.05) is 28.2 Å². The minimum atomic E-state index is 0.775. The van der Waals surface area contributed by atoms with Crippen LogP contribution in [-0.4, -0.2) is 19.5 Å². The highest BCUT2D eigenvalue weighted by Gasteiger charge is 2.14. The summed E-state index contributed by atoms with van der Waals surface area (Å²) in [4.78, 5) is 14.3. The van der Waals surface area contributed by atoms with Gasteiger partial charge >= 0.3 is 0 Å². The van der Waals surface area contributed by atoms with Crippen LogP contribution in [0.1, 0.15) is 17.0 Å². The van der Waals surface area contributed by atoms with Crippen molar-refractivity contribution in [2.75, 3.05) is 0 Å². The number of aromatic nitrogens is 4. The molecule has 0 aliphatic carbocycles. The number of benzene rings is 4. The third kappa shape index (κ3) is 3.87. The van der Waals surface area contributed by atoms with Crippen molar-refractivity contribution in [2.45, 2.75) is 20.8 Å². The maximum Gasteiger partial charge on any atom is 0.159 e. The number of aryl methyl sites for hydroxylation is 2. The zero-order valence-corrected chi connectivity index (χ0v) is 20.6. The van der Waals surface area contributed by atoms with Gasteiger partial charge in [0.25, 0.3) is 0 Å². The molecule has 0 saturated carbocycles. The van der Waals surface area contributed by atoms with E-state index in [-0.39, 0.29) is 0 Å². The fourth-order valence-electron chi connectivity index (χ4n) is 4.58. The molecule has 2 aromatic heterocycles. The molecule has 0 aliphatic heterocycles. The van der Waals surface area contributed by atoms with E-state index in [0.29, 0.717) is 0 Å². The highest BCUT2D eigenvalue weighted by atomic mass is 15.1. The molecule has 0 radical (unpaired) electrons. The molecule has 2 heterocycles. The lowest BCUT2D eigenvalue weighted by atomic mass is 10.0. The predicted octanol–water partition coefficient (Wildman–Crippen LogP) is 7.74. The van der Waals surface area contributed by atoms with Crippen molar-refractivity contribution in [1.29, 1.82) is 0 Å². The van der Waals surface area contributed by atoms with Gasteiger partial charge in [-0.25, -0.2) is 15.0 Å². The van der Waals surface area contributed by atoms with E-state index in [4.69, 9.17) is 4.98 Å². The fourth-order valence-corrected chi connectivity index (χ4v) is 4.58. The monoisotopic (exact) mass is 466 g/mol. The predicted molar refractivity (Wildman–Crippen MR) is 147 cm³/mol. The Labute approximate surface area is 211 Å². The molecule has 0 bridgehead atoms. The van der Waals surface area contributed by atoms with E-state index in [1.807, 2.05) is 26.0 Å². The van der Waals surface area contributed by atoms with Crippen LogP contribution in [0, 0.1) is 20.8 Å². The normalized spacial score (nSPS) is 11.2. The van der Waals surface area contributed by atoms with Crippen molar-refractivity contribution in [3.63, 3.8) is 0 Å². The number of imidazole rings is 1. The summed E-state index contributed by atoms with van der Waals surface area (Å²) in [5, 5.41) is 0. The topological polar surface area (TPSA) is 43.6 Å². The van der Waals surface area contributed by atoms with Crippen LogP contribution in [0.15, 0.2) is 103 Å². The van der Waals surface area contributed by atoms with Crippen molar-refractivity contribution in [3.8, 4) is 39.6 Å². The Morgan fingerprint density at radius 2 is 1.03 bits per heavy atom. The minimum absolute atomic E-state index is 0.775. The van der Waals surface area contributed by atoms with Crippen molar-refractivity contribution in [2.24, 2.45) is 0 Å². The van der Waals surface area contributed by atoms with E-state index in [1.54, 1.807) is 0 Å². The zero-order chi connectivity index (χ0) is 24.6. The quantitative estimate of drug-likeness (QED) is 0.267. The van der Waals surface area contributed by atoms with Crippen molar-refractivity contribution in [1.82, 2.24) is 19.5 Å². The van der Waals surface area contributed by atoms with Crippen LogP contribution in [0.5, 0.6) is 0 Å². The highest BCUT2D eigenvalue weighted by molar-refractivity contribution is 5.83. The van der Waals surface area contributed by atoms with Gasteiger partial charge in [-0.05, 0) is 61.7 Å². The summed E-state index contributed by atoms with van der Waals surface area (Å²) in [7, 11) is 0. The lowest BCUT2D eigenvalue weighted by Gasteiger charge is -2.11. The number of nitrogens with zero attached hydrogens (tertiary/aromatic N) is 4. The van der Waals surface area contributed by atoms with E-state index < -0.39 is 0 Å². The first-order valence-corrected chi connectivity index (χ1v) is 12.1. The van der Waals surface area contributed by atoms with Crippen LogP contribution >= 0.6 is 0 Å². The van der Waals surface area contributed by atoms with Gasteiger partial charge in [0.2, 0.25) is 0 Å². The summed E-state index contributed by atoms with van der Waals surface area (Å²) in [6.45, 7) is 6.14. The first-order chi connectivity index (χ1) is 17.6. The third-order valence-corrected chi connectivity index (χ3v) is 6.83. The van der Waals surface area contributed by atoms with E-state index in [1.165, 1.54) is 0 Å². The van der Waals surface area contributed by atoms with Crippen LogP contribution in [0.4, 0.5) is 0 Å². The summed E-state index contributed by atoms with van der Waals surface area (Å²) in [5.74, 6) is 1.71. The molecule has 0 fully saturated rings. The molecule has 0 unspecified atom stereocenters. The van der Waals surface area contributed by atoms with Crippen LogP contribution < -0.4 is 0 Å². The van der Waals surface area contributed by atoms with Crippen LogP contribution in [-0.2, 0) is 0 Å². The van der Waals surface area contributed by atoms with Gasteiger partial charge in [-0.2, -0.15) is 0 Å². The van der Waals surface area contributed by atoms with Gasteiger partial charge in [-0.15, -0.1) is 0 Å². The lowest BCUT2D eigenvalue weighted by molar-refractivity contribution is 1.02. The van der Waals surface area contributed by atoms with E-state index in [9.17, 15) is 0 Å². The smallest absolute Gasteiger partial charge is 0.159 e. The summed E-state index contributed by atoms with van der Waals surface area (Å²) in [5.41, 5.74) is 10.8. The van der Waals surface area contributed by atoms with Crippen LogP contribution in [0.25, 0.3) is 50.6 Å². The molecule has 6 aromatic rings. The Kier molecular flexibility index (Phi) is 5.42. The summed E-state index contributed by atoms with van der Waals surface area (Å²) in [6, 6.07) is 35.8. The van der Waals surface area contributed by atoms with Gasteiger partial charge in [0.1, 0.15) is 5.82 Å². The molecule has 4 aromatic carbocycles. The molecule has 0 aliphatic rings. The SMILES string of the molecule is Cc1nc(-c2ccc(-c3ccc(-c4nc5ccccc5n4-c4ccccc4)cc3)cc2)nc(C)c1C. The van der Waals surface area contributed by atoms with Crippen molar-refractivity contribution in [3.05, 3.63) is 120 Å². The molecule has 4 heteroatoms. The lowest BCUT2D eigenvalue weighted by Crippen LogP contribution is -1.99. The Balaban J connectivity index is 1.35. The van der Waals surface area contributed by atoms with Gasteiger partial charge < -0.3 is 0 Å². The van der Waals surface area contributed by atoms with Gasteiger partial charge in [0.15, 0.2) is 5.82 Å². The average molecular weight is 467 g/mol. The molecule has 0 atom stereocenters. The standard InChI is InChI=1S/C32H26N4/c1-21-22(2)33-31(34-23(21)3)26-17-13-24(14-18-26)25-15-19-27(20-16-25)32-35-29-11-7-8-12-30(29)36(32)28-9-5-4-6-10-28/h4-20H,1-3H3. The van der Waals surface area contributed by atoms with Crippen LogP contribution in [0.3, 0.4) is 0 Å². The second-order valence-corrected chi connectivity index (χ2v) is 9.09. The third-order valence-electron chi connectivity index (χ3n) is 6.83. The minimum Gasteiger partial charge on any atom is -0.292 e. The summed E-state index contributed by atoms with van der Waals surface area (Å²) >= 11 is 0. The first-order valence-electron chi connectivity index (χ1n) is 12.1. The Morgan fingerprint density at radius 3 is 1.67 bits per heavy atom. The second kappa shape index (κ2) is 8.90. The maximum atomic E-state index is 4.98. The highest BCUT2D eigenvalue weighted by Crippen LogP contribution is 2.31. The molecule has 174 valence electrons. The van der Waals surface area contributed by atoms with Gasteiger partial charge in [-0.3, -0.25) is 4.57 Å². The number of hydrogen-bond donors (Lipinski definition) is 0. The Hall–Kier alpha value is -4.57. The second-order valence-electron chi connectivity index (χ2n) is 9.09. The van der Waals surface area contributed by atoms with Gasteiger partial charge in [0.05, 0.1) is 11.0 Å². The maximum absolute atomic E-state index is 4.98. The number of rotatable bonds is 4. The molecule has 0 spiro atoms. The molecule has 0 N–H and O–H groups in total. The van der Waals surface area contributed by atoms with Crippen molar-refractivity contribution < 1.29 is 0 Å². The summed E-state index contributed by atoms with van der Waals surface area (Å²) < 4.78 is 2.23. The van der Waals surface area contributed by atoms with E-state index in [2.05, 4.69) is 112 Å². The largest absolute Gasteiger partial charge is 0.292 e. The number of fused-ring (bicyclic) bond motifs is 1. The average Bonchev–Trinajstić information content (AvgIpc) is 3.32. The van der Waals surface area contributed by atoms with E-state index >= 15 is 0 Å². The van der Waals surface area contributed by atoms with E-state index in [0.717, 1.165) is 67.6 Å². The molecular formula is C32H26N4. The van der Waals surface area contributed by atoms with Gasteiger partial charge in [-0.1, -0.05) is 78.9 Å². The molecule has 36 heavy (non-hydrogen) atoms. The van der Waals surface area contributed by atoms with Crippen LogP contribution in [0.2, 0.25) is 0 Å². The Morgan fingerprint density at radius 1 is 0.500 bits per heavy atom. The molecule has 0 amide bonds. The molecule has 6 rings (SSSR count). The Bertz CT molecular complexity index is 1660. The summed E-state index contributed by atoms with van der Waals surface area (Å²) in [6.07, 6.45) is 0. The number of para-hydroxylation sites is 3.